The Bertz CT molecular complexity index is 1080. The van der Waals surface area contributed by atoms with Crippen LogP contribution < -0.4 is 10.6 Å². The zero-order valence-corrected chi connectivity index (χ0v) is 17.2. The van der Waals surface area contributed by atoms with Crippen molar-refractivity contribution in [2.75, 3.05) is 18.4 Å². The maximum absolute atomic E-state index is 13.7. The Morgan fingerprint density at radius 1 is 1.16 bits per heavy atom. The number of nitrogens with one attached hydrogen (secondary N) is 2. The van der Waals surface area contributed by atoms with Crippen LogP contribution in [0.15, 0.2) is 65.3 Å². The minimum atomic E-state index is -0.303. The first-order valence-electron chi connectivity index (χ1n) is 10.2. The summed E-state index contributed by atoms with van der Waals surface area (Å²) in [6.45, 7) is 3.09. The van der Waals surface area contributed by atoms with Gasteiger partial charge in [-0.15, -0.1) is 0 Å². The fourth-order valence-electron chi connectivity index (χ4n) is 3.89. The van der Waals surface area contributed by atoms with Crippen molar-refractivity contribution in [3.63, 3.8) is 0 Å². The molecule has 2 N–H and O–H groups in total. The van der Waals surface area contributed by atoms with E-state index in [1.807, 2.05) is 17.9 Å². The van der Waals surface area contributed by atoms with E-state index in [1.54, 1.807) is 48.7 Å². The first-order chi connectivity index (χ1) is 15.0. The van der Waals surface area contributed by atoms with Gasteiger partial charge >= 0.3 is 0 Å². The van der Waals surface area contributed by atoms with Crippen molar-refractivity contribution in [1.82, 2.24) is 10.2 Å². The highest BCUT2D eigenvalue weighted by Gasteiger charge is 2.26. The molecule has 0 radical (unpaired) electrons. The standard InChI is InChI=1S/C24H24FN3O3/c1-16-21-13-18(25)9-8-17(21)10-11-28(16)15-23(29)27-22-7-3-2-6-20(22)24(30)26-14-19-5-4-12-31-19/h2-9,12-13,16H,10-11,14-15H2,1H3,(H,26,30)(H,27,29). The molecule has 6 nitrogen and oxygen atoms in total. The second-order valence-corrected chi connectivity index (χ2v) is 7.60. The van der Waals surface area contributed by atoms with Crippen molar-refractivity contribution >= 4 is 17.5 Å². The molecule has 0 saturated carbocycles. The molecule has 0 bridgehead atoms. The highest BCUT2D eigenvalue weighted by molar-refractivity contribution is 6.04. The van der Waals surface area contributed by atoms with E-state index in [9.17, 15) is 14.0 Å². The third-order valence-corrected chi connectivity index (χ3v) is 5.57. The summed E-state index contributed by atoms with van der Waals surface area (Å²) in [6.07, 6.45) is 2.31. The molecule has 0 fully saturated rings. The molecule has 1 unspecified atom stereocenters. The second-order valence-electron chi connectivity index (χ2n) is 7.60. The van der Waals surface area contributed by atoms with E-state index in [2.05, 4.69) is 10.6 Å². The number of carbonyl (C=O) groups is 2. The number of rotatable bonds is 6. The third-order valence-electron chi connectivity index (χ3n) is 5.57. The average Bonchev–Trinajstić information content (AvgIpc) is 3.28. The van der Waals surface area contributed by atoms with Crippen molar-refractivity contribution in [1.29, 1.82) is 0 Å². The fourth-order valence-corrected chi connectivity index (χ4v) is 3.89. The molecule has 7 heteroatoms. The van der Waals surface area contributed by atoms with Gasteiger partial charge in [0, 0.05) is 12.6 Å². The quantitative estimate of drug-likeness (QED) is 0.633. The van der Waals surface area contributed by atoms with Crippen LogP contribution in [0.1, 0.15) is 40.2 Å². The summed E-state index contributed by atoms with van der Waals surface area (Å²) in [4.78, 5) is 27.4. The van der Waals surface area contributed by atoms with Crippen LogP contribution in [-0.2, 0) is 17.8 Å². The Morgan fingerprint density at radius 3 is 2.81 bits per heavy atom. The van der Waals surface area contributed by atoms with Gasteiger partial charge in [0.05, 0.1) is 30.6 Å². The lowest BCUT2D eigenvalue weighted by Crippen LogP contribution is -2.39. The predicted octanol–water partition coefficient (Wildman–Crippen LogP) is 3.91. The maximum Gasteiger partial charge on any atom is 0.253 e. The van der Waals surface area contributed by atoms with Gasteiger partial charge in [0.15, 0.2) is 0 Å². The molecule has 160 valence electrons. The number of furan rings is 1. The molecule has 0 aliphatic carbocycles. The number of anilines is 1. The van der Waals surface area contributed by atoms with Gasteiger partial charge < -0.3 is 15.1 Å². The topological polar surface area (TPSA) is 74.6 Å². The number of amides is 2. The Hall–Kier alpha value is -3.45. The fraction of sp³-hybridized carbons (Fsp3) is 0.250. The summed E-state index contributed by atoms with van der Waals surface area (Å²) < 4.78 is 18.9. The Balaban J connectivity index is 1.40. The summed E-state index contributed by atoms with van der Waals surface area (Å²) in [6, 6.07) is 15.2. The molecular formula is C24H24FN3O3. The van der Waals surface area contributed by atoms with Crippen molar-refractivity contribution < 1.29 is 18.4 Å². The molecule has 0 spiro atoms. The van der Waals surface area contributed by atoms with E-state index >= 15 is 0 Å². The van der Waals surface area contributed by atoms with Crippen LogP contribution >= 0.6 is 0 Å². The van der Waals surface area contributed by atoms with Gasteiger partial charge in [-0.3, -0.25) is 14.5 Å². The van der Waals surface area contributed by atoms with Crippen LogP contribution in [0.3, 0.4) is 0 Å². The monoisotopic (exact) mass is 421 g/mol. The predicted molar refractivity (Wildman–Crippen MR) is 115 cm³/mol. The lowest BCUT2D eigenvalue weighted by molar-refractivity contribution is -0.117. The summed E-state index contributed by atoms with van der Waals surface area (Å²) in [5.74, 6) is -0.155. The highest BCUT2D eigenvalue weighted by Crippen LogP contribution is 2.29. The molecule has 1 aliphatic heterocycles. The van der Waals surface area contributed by atoms with Crippen molar-refractivity contribution in [2.45, 2.75) is 25.9 Å². The Kier molecular flexibility index (Phi) is 6.13. The van der Waals surface area contributed by atoms with Crippen LogP contribution in [0, 0.1) is 5.82 Å². The summed E-state index contributed by atoms with van der Waals surface area (Å²) in [5.41, 5.74) is 2.85. The van der Waals surface area contributed by atoms with Crippen LogP contribution in [0.25, 0.3) is 0 Å². The minimum absolute atomic E-state index is 0.0722. The molecule has 2 heterocycles. The molecule has 1 atom stereocenters. The molecule has 0 saturated heterocycles. The normalized spacial score (nSPS) is 15.9. The molecule has 4 rings (SSSR count). The number of carbonyl (C=O) groups excluding carboxylic acids is 2. The number of halogens is 1. The molecule has 1 aliphatic rings. The average molecular weight is 421 g/mol. The van der Waals surface area contributed by atoms with E-state index in [0.717, 1.165) is 17.5 Å². The SMILES string of the molecule is CC1c2cc(F)ccc2CCN1CC(=O)Nc1ccccc1C(=O)NCc1ccco1. The number of para-hydroxylation sites is 1. The molecule has 2 aromatic carbocycles. The minimum Gasteiger partial charge on any atom is -0.467 e. The van der Waals surface area contributed by atoms with Crippen molar-refractivity contribution in [3.05, 3.63) is 89.1 Å². The molecule has 2 amide bonds. The zero-order valence-electron chi connectivity index (χ0n) is 17.2. The number of nitrogens with zero attached hydrogens (tertiary/aromatic N) is 1. The largest absolute Gasteiger partial charge is 0.467 e. The summed E-state index contributed by atoms with van der Waals surface area (Å²) >= 11 is 0. The van der Waals surface area contributed by atoms with Gasteiger partial charge in [-0.1, -0.05) is 18.2 Å². The zero-order chi connectivity index (χ0) is 21.8. The van der Waals surface area contributed by atoms with Crippen LogP contribution in [0.5, 0.6) is 0 Å². The Labute approximate surface area is 180 Å². The van der Waals surface area contributed by atoms with Gasteiger partial charge in [-0.25, -0.2) is 4.39 Å². The number of fused-ring (bicyclic) bond motifs is 1. The van der Waals surface area contributed by atoms with Gasteiger partial charge in [-0.05, 0) is 60.9 Å². The maximum atomic E-state index is 13.7. The second kappa shape index (κ2) is 9.14. The smallest absolute Gasteiger partial charge is 0.253 e. The van der Waals surface area contributed by atoms with E-state index in [4.69, 9.17) is 4.42 Å². The van der Waals surface area contributed by atoms with E-state index < -0.39 is 0 Å². The van der Waals surface area contributed by atoms with E-state index in [-0.39, 0.29) is 36.8 Å². The van der Waals surface area contributed by atoms with Crippen molar-refractivity contribution in [3.8, 4) is 0 Å². The first kappa shape index (κ1) is 20.8. The van der Waals surface area contributed by atoms with Gasteiger partial charge in [0.1, 0.15) is 11.6 Å². The molecule has 1 aromatic heterocycles. The lowest BCUT2D eigenvalue weighted by atomic mass is 9.93. The van der Waals surface area contributed by atoms with E-state index in [0.29, 0.717) is 23.6 Å². The number of benzene rings is 2. The molecule has 3 aromatic rings. The Morgan fingerprint density at radius 2 is 2.00 bits per heavy atom. The van der Waals surface area contributed by atoms with Gasteiger partial charge in [0.25, 0.3) is 5.91 Å². The third kappa shape index (κ3) is 4.83. The van der Waals surface area contributed by atoms with Crippen LogP contribution in [0.4, 0.5) is 10.1 Å². The number of hydrogen-bond acceptors (Lipinski definition) is 4. The van der Waals surface area contributed by atoms with Gasteiger partial charge in [-0.2, -0.15) is 0 Å². The van der Waals surface area contributed by atoms with E-state index in [1.165, 1.54) is 6.07 Å². The summed E-state index contributed by atoms with van der Waals surface area (Å²) in [7, 11) is 0. The highest BCUT2D eigenvalue weighted by atomic mass is 19.1. The molecule has 31 heavy (non-hydrogen) atoms. The van der Waals surface area contributed by atoms with Gasteiger partial charge in [0.2, 0.25) is 5.91 Å². The van der Waals surface area contributed by atoms with Crippen LogP contribution in [0.2, 0.25) is 0 Å². The first-order valence-corrected chi connectivity index (χ1v) is 10.2. The number of hydrogen-bond donors (Lipinski definition) is 2. The molecular weight excluding hydrogens is 397 g/mol. The van der Waals surface area contributed by atoms with Crippen LogP contribution in [-0.4, -0.2) is 29.8 Å². The summed E-state index contributed by atoms with van der Waals surface area (Å²) in [5, 5.41) is 5.64. The van der Waals surface area contributed by atoms with Crippen molar-refractivity contribution in [2.24, 2.45) is 0 Å². The lowest BCUT2D eigenvalue weighted by Gasteiger charge is -2.34.